The van der Waals surface area contributed by atoms with Crippen LogP contribution in [0.25, 0.3) is 0 Å². The maximum atomic E-state index is 5.78. The summed E-state index contributed by atoms with van der Waals surface area (Å²) in [6.45, 7) is 8.27. The summed E-state index contributed by atoms with van der Waals surface area (Å²) in [6, 6.07) is 16.9. The topological polar surface area (TPSA) is 26.0 Å². The Hall–Kier alpha value is -2.02. The SMILES string of the molecule is C=CCC(C)(c1ccc(C)cc1)c1ccc(N)cc1. The highest BCUT2D eigenvalue weighted by Crippen LogP contribution is 2.36. The molecule has 0 saturated heterocycles. The van der Waals surface area contributed by atoms with Crippen LogP contribution in [0.2, 0.25) is 0 Å². The molecular formula is C18H21N. The molecule has 2 aromatic carbocycles. The van der Waals surface area contributed by atoms with Gasteiger partial charge in [0.15, 0.2) is 0 Å². The third-order valence-electron chi connectivity index (χ3n) is 3.79. The Bertz CT molecular complexity index is 504. The monoisotopic (exact) mass is 251 g/mol. The highest BCUT2D eigenvalue weighted by Gasteiger charge is 2.27. The molecule has 2 aromatic rings. The van der Waals surface area contributed by atoms with E-state index in [-0.39, 0.29) is 5.41 Å². The van der Waals surface area contributed by atoms with Crippen LogP contribution in [0.1, 0.15) is 30.0 Å². The van der Waals surface area contributed by atoms with Crippen molar-refractivity contribution in [1.82, 2.24) is 0 Å². The second-order valence-corrected chi connectivity index (χ2v) is 5.31. The van der Waals surface area contributed by atoms with Crippen LogP contribution in [0, 0.1) is 6.92 Å². The third-order valence-corrected chi connectivity index (χ3v) is 3.79. The van der Waals surface area contributed by atoms with Crippen LogP contribution in [0.4, 0.5) is 5.69 Å². The van der Waals surface area contributed by atoms with Crippen LogP contribution in [-0.2, 0) is 5.41 Å². The Morgan fingerprint density at radius 1 is 1.00 bits per heavy atom. The number of rotatable bonds is 4. The van der Waals surface area contributed by atoms with E-state index >= 15 is 0 Å². The van der Waals surface area contributed by atoms with Crippen molar-refractivity contribution >= 4 is 5.69 Å². The first-order valence-corrected chi connectivity index (χ1v) is 6.60. The average Bonchev–Trinajstić information content (AvgIpc) is 2.40. The van der Waals surface area contributed by atoms with Gasteiger partial charge in [-0.15, -0.1) is 6.58 Å². The summed E-state index contributed by atoms with van der Waals surface area (Å²) >= 11 is 0. The fourth-order valence-corrected chi connectivity index (χ4v) is 2.46. The summed E-state index contributed by atoms with van der Waals surface area (Å²) < 4.78 is 0. The van der Waals surface area contributed by atoms with E-state index in [1.807, 2.05) is 18.2 Å². The van der Waals surface area contributed by atoms with Crippen molar-refractivity contribution in [2.24, 2.45) is 0 Å². The number of aryl methyl sites for hydroxylation is 1. The maximum Gasteiger partial charge on any atom is 0.0314 e. The van der Waals surface area contributed by atoms with Gasteiger partial charge in [0, 0.05) is 11.1 Å². The molecule has 19 heavy (non-hydrogen) atoms. The first kappa shape index (κ1) is 13.4. The van der Waals surface area contributed by atoms with Crippen LogP contribution in [0.5, 0.6) is 0 Å². The summed E-state index contributed by atoms with van der Waals surface area (Å²) in [5.74, 6) is 0. The molecule has 0 saturated carbocycles. The van der Waals surface area contributed by atoms with Crippen molar-refractivity contribution in [3.63, 3.8) is 0 Å². The van der Waals surface area contributed by atoms with E-state index in [9.17, 15) is 0 Å². The summed E-state index contributed by atoms with van der Waals surface area (Å²) in [6.07, 6.45) is 2.89. The molecule has 98 valence electrons. The molecule has 1 heteroatoms. The van der Waals surface area contributed by atoms with Crippen LogP contribution in [-0.4, -0.2) is 0 Å². The normalized spacial score (nSPS) is 13.8. The van der Waals surface area contributed by atoms with Gasteiger partial charge >= 0.3 is 0 Å². The predicted molar refractivity (Wildman–Crippen MR) is 83.3 cm³/mol. The highest BCUT2D eigenvalue weighted by atomic mass is 14.5. The summed E-state index contributed by atoms with van der Waals surface area (Å²) in [4.78, 5) is 0. The molecule has 0 aromatic heterocycles. The van der Waals surface area contributed by atoms with Crippen LogP contribution in [0.15, 0.2) is 61.2 Å². The second kappa shape index (κ2) is 5.31. The maximum absolute atomic E-state index is 5.78. The Balaban J connectivity index is 2.50. The van der Waals surface area contributed by atoms with E-state index in [1.165, 1.54) is 16.7 Å². The van der Waals surface area contributed by atoms with Gasteiger partial charge in [-0.2, -0.15) is 0 Å². The number of nitrogen functional groups attached to an aromatic ring is 1. The van der Waals surface area contributed by atoms with Crippen molar-refractivity contribution in [3.8, 4) is 0 Å². The molecule has 0 fully saturated rings. The number of hydrogen-bond acceptors (Lipinski definition) is 1. The molecular weight excluding hydrogens is 230 g/mol. The first-order chi connectivity index (χ1) is 9.06. The highest BCUT2D eigenvalue weighted by molar-refractivity contribution is 5.46. The molecule has 1 atom stereocenters. The zero-order chi connectivity index (χ0) is 13.9. The lowest BCUT2D eigenvalue weighted by Crippen LogP contribution is -2.22. The molecule has 0 aliphatic rings. The van der Waals surface area contributed by atoms with Gasteiger partial charge in [-0.05, 0) is 36.6 Å². The average molecular weight is 251 g/mol. The molecule has 0 radical (unpaired) electrons. The molecule has 1 nitrogen and oxygen atoms in total. The quantitative estimate of drug-likeness (QED) is 0.630. The fourth-order valence-electron chi connectivity index (χ4n) is 2.46. The largest absolute Gasteiger partial charge is 0.399 e. The second-order valence-electron chi connectivity index (χ2n) is 5.31. The lowest BCUT2D eigenvalue weighted by molar-refractivity contribution is 0.581. The first-order valence-electron chi connectivity index (χ1n) is 6.60. The molecule has 0 aliphatic carbocycles. The Kier molecular flexibility index (Phi) is 3.75. The molecule has 1 unspecified atom stereocenters. The Morgan fingerprint density at radius 2 is 1.47 bits per heavy atom. The van der Waals surface area contributed by atoms with Gasteiger partial charge in [-0.3, -0.25) is 0 Å². The number of hydrogen-bond donors (Lipinski definition) is 1. The van der Waals surface area contributed by atoms with E-state index < -0.39 is 0 Å². The van der Waals surface area contributed by atoms with Gasteiger partial charge in [0.25, 0.3) is 0 Å². The minimum atomic E-state index is -0.0524. The van der Waals surface area contributed by atoms with Crippen LogP contribution >= 0.6 is 0 Å². The van der Waals surface area contributed by atoms with E-state index in [1.54, 1.807) is 0 Å². The molecule has 0 spiro atoms. The summed E-state index contributed by atoms with van der Waals surface area (Å²) in [7, 11) is 0. The van der Waals surface area contributed by atoms with E-state index in [2.05, 4.69) is 56.8 Å². The summed E-state index contributed by atoms with van der Waals surface area (Å²) in [5.41, 5.74) is 10.4. The van der Waals surface area contributed by atoms with Gasteiger partial charge in [0.2, 0.25) is 0 Å². The third kappa shape index (κ3) is 2.70. The van der Waals surface area contributed by atoms with Crippen LogP contribution in [0.3, 0.4) is 0 Å². The molecule has 0 amide bonds. The van der Waals surface area contributed by atoms with Crippen molar-refractivity contribution in [2.45, 2.75) is 25.7 Å². The number of nitrogens with two attached hydrogens (primary N) is 1. The smallest absolute Gasteiger partial charge is 0.0314 e. The zero-order valence-electron chi connectivity index (χ0n) is 11.7. The number of allylic oxidation sites excluding steroid dienone is 1. The van der Waals surface area contributed by atoms with Gasteiger partial charge in [0.1, 0.15) is 0 Å². The van der Waals surface area contributed by atoms with Crippen molar-refractivity contribution in [1.29, 1.82) is 0 Å². The summed E-state index contributed by atoms with van der Waals surface area (Å²) in [5, 5.41) is 0. The fraction of sp³-hybridized carbons (Fsp3) is 0.222. The minimum absolute atomic E-state index is 0.0524. The van der Waals surface area contributed by atoms with E-state index in [0.29, 0.717) is 0 Å². The minimum Gasteiger partial charge on any atom is -0.399 e. The van der Waals surface area contributed by atoms with Gasteiger partial charge < -0.3 is 5.73 Å². The Labute approximate surface area is 115 Å². The van der Waals surface area contributed by atoms with Crippen molar-refractivity contribution in [3.05, 3.63) is 77.9 Å². The standard InChI is InChI=1S/C18H21N/c1-4-13-18(3,15-7-5-14(2)6-8-15)16-9-11-17(19)12-10-16/h4-12H,1,13,19H2,2-3H3. The predicted octanol–water partition coefficient (Wildman–Crippen LogP) is 4.46. The lowest BCUT2D eigenvalue weighted by atomic mass is 9.73. The van der Waals surface area contributed by atoms with Crippen molar-refractivity contribution < 1.29 is 0 Å². The molecule has 0 aliphatic heterocycles. The zero-order valence-corrected chi connectivity index (χ0v) is 11.7. The molecule has 0 heterocycles. The number of benzene rings is 2. The molecule has 2 N–H and O–H groups in total. The number of anilines is 1. The van der Waals surface area contributed by atoms with Crippen molar-refractivity contribution in [2.75, 3.05) is 5.73 Å². The van der Waals surface area contributed by atoms with E-state index in [0.717, 1.165) is 12.1 Å². The Morgan fingerprint density at radius 3 is 1.95 bits per heavy atom. The van der Waals surface area contributed by atoms with Crippen LogP contribution < -0.4 is 5.73 Å². The molecule has 2 rings (SSSR count). The molecule has 0 bridgehead atoms. The van der Waals surface area contributed by atoms with Gasteiger partial charge in [-0.1, -0.05) is 55.0 Å². The lowest BCUT2D eigenvalue weighted by Gasteiger charge is -2.30. The van der Waals surface area contributed by atoms with Gasteiger partial charge in [0.05, 0.1) is 0 Å². The van der Waals surface area contributed by atoms with Gasteiger partial charge in [-0.25, -0.2) is 0 Å². The van der Waals surface area contributed by atoms with E-state index in [4.69, 9.17) is 5.73 Å².